The molecule has 5 amide bonds. The van der Waals surface area contributed by atoms with Crippen LogP contribution < -0.4 is 43.8 Å². The second-order valence-corrected chi connectivity index (χ2v) is 8.98. The van der Waals surface area contributed by atoms with Crippen LogP contribution in [0.15, 0.2) is 4.99 Å². The summed E-state index contributed by atoms with van der Waals surface area (Å²) in [5, 5.41) is 30.7. The van der Waals surface area contributed by atoms with Crippen LogP contribution in [0.1, 0.15) is 33.6 Å². The molecule has 18 heteroatoms. The molecule has 6 atom stereocenters. The number of aliphatic imine (C=N–C) groups is 1. The minimum Gasteiger partial charge on any atom is -0.480 e. The van der Waals surface area contributed by atoms with E-state index in [-0.39, 0.29) is 31.1 Å². The zero-order chi connectivity index (χ0) is 30.3. The van der Waals surface area contributed by atoms with Gasteiger partial charge < -0.3 is 54.0 Å². The predicted octanol–water partition coefficient (Wildman–Crippen LogP) is -5.14. The van der Waals surface area contributed by atoms with Crippen molar-refractivity contribution in [2.45, 2.75) is 69.9 Å². The van der Waals surface area contributed by atoms with Gasteiger partial charge in [-0.25, -0.2) is 4.79 Å². The first-order valence-corrected chi connectivity index (χ1v) is 12.5. The van der Waals surface area contributed by atoms with Crippen LogP contribution in [0.2, 0.25) is 0 Å². The van der Waals surface area contributed by atoms with Gasteiger partial charge in [-0.05, 0) is 33.6 Å². The van der Waals surface area contributed by atoms with E-state index >= 15 is 0 Å². The van der Waals surface area contributed by atoms with Crippen LogP contribution in [0.5, 0.6) is 0 Å². The maximum Gasteiger partial charge on any atom is 0.326 e. The van der Waals surface area contributed by atoms with Crippen molar-refractivity contribution in [1.29, 1.82) is 0 Å². The highest BCUT2D eigenvalue weighted by Crippen LogP contribution is 2.01. The molecule has 39 heavy (non-hydrogen) atoms. The first kappa shape index (κ1) is 35.4. The summed E-state index contributed by atoms with van der Waals surface area (Å²) in [6.07, 6.45) is -1.10. The van der Waals surface area contributed by atoms with Gasteiger partial charge in [0, 0.05) is 12.3 Å². The molecular formula is C21H39N9O8S. The molecule has 222 valence electrons. The smallest absolute Gasteiger partial charge is 0.326 e. The quantitative estimate of drug-likeness (QED) is 0.0336. The Morgan fingerprint density at radius 1 is 0.872 bits per heavy atom. The number of amides is 5. The van der Waals surface area contributed by atoms with Gasteiger partial charge in [0.15, 0.2) is 5.96 Å². The van der Waals surface area contributed by atoms with Gasteiger partial charge >= 0.3 is 5.97 Å². The largest absolute Gasteiger partial charge is 0.480 e. The monoisotopic (exact) mass is 577 g/mol. The number of nitrogens with two attached hydrogens (primary N) is 3. The number of hydrogen-bond donors (Lipinski definition) is 11. The number of rotatable bonds is 17. The van der Waals surface area contributed by atoms with Crippen molar-refractivity contribution in [1.82, 2.24) is 26.6 Å². The van der Waals surface area contributed by atoms with Gasteiger partial charge in [-0.15, -0.1) is 0 Å². The molecule has 0 fully saturated rings. The summed E-state index contributed by atoms with van der Waals surface area (Å²) in [6.45, 7) is 3.58. The SMILES string of the molecule is C[C@H](N)C(=O)NCC(=O)N[C@H](C(=O)N[C@@H](C)C(=O)N[C@@H](CS)C(=O)N[C@@H](CCCN=C(N)N)C(=O)O)[C@@H](C)O. The van der Waals surface area contributed by atoms with Crippen LogP contribution >= 0.6 is 12.6 Å². The van der Waals surface area contributed by atoms with Gasteiger partial charge in [0.05, 0.1) is 18.7 Å². The van der Waals surface area contributed by atoms with E-state index < -0.39 is 78.4 Å². The Balaban J connectivity index is 5.05. The summed E-state index contributed by atoms with van der Waals surface area (Å²) in [6, 6.07) is -6.10. The molecule has 0 aromatic heterocycles. The van der Waals surface area contributed by atoms with Crippen molar-refractivity contribution in [2.75, 3.05) is 18.8 Å². The summed E-state index contributed by atoms with van der Waals surface area (Å²) in [5.41, 5.74) is 15.8. The van der Waals surface area contributed by atoms with Crippen molar-refractivity contribution in [3.63, 3.8) is 0 Å². The summed E-state index contributed by atoms with van der Waals surface area (Å²) in [7, 11) is 0. The van der Waals surface area contributed by atoms with E-state index in [2.05, 4.69) is 44.2 Å². The Morgan fingerprint density at radius 2 is 1.46 bits per heavy atom. The Labute approximate surface area is 230 Å². The molecule has 0 aromatic rings. The van der Waals surface area contributed by atoms with Gasteiger partial charge in [-0.3, -0.25) is 29.0 Å². The third kappa shape index (κ3) is 14.2. The topological polar surface area (TPSA) is 293 Å². The van der Waals surface area contributed by atoms with Crippen LogP contribution in [0, 0.1) is 0 Å². The van der Waals surface area contributed by atoms with Crippen LogP contribution in [0.3, 0.4) is 0 Å². The van der Waals surface area contributed by atoms with E-state index in [1.54, 1.807) is 0 Å². The summed E-state index contributed by atoms with van der Waals surface area (Å²) in [4.78, 5) is 76.6. The van der Waals surface area contributed by atoms with Crippen molar-refractivity contribution in [3.05, 3.63) is 0 Å². The third-order valence-corrected chi connectivity index (χ3v) is 5.41. The zero-order valence-corrected chi connectivity index (χ0v) is 22.9. The summed E-state index contributed by atoms with van der Waals surface area (Å²) >= 11 is 4.02. The minimum atomic E-state index is -1.47. The number of carbonyl (C=O) groups is 6. The van der Waals surface area contributed by atoms with Gasteiger partial charge in [0.1, 0.15) is 24.2 Å². The molecule has 13 N–H and O–H groups in total. The van der Waals surface area contributed by atoms with Crippen molar-refractivity contribution < 1.29 is 39.0 Å². The molecule has 0 saturated carbocycles. The van der Waals surface area contributed by atoms with Crippen LogP contribution in [-0.2, 0) is 28.8 Å². The average Bonchev–Trinajstić information content (AvgIpc) is 2.84. The lowest BCUT2D eigenvalue weighted by molar-refractivity contribution is -0.142. The molecule has 0 aliphatic rings. The highest BCUT2D eigenvalue weighted by atomic mass is 32.1. The fraction of sp³-hybridized carbons (Fsp3) is 0.667. The molecule has 0 rings (SSSR count). The van der Waals surface area contributed by atoms with Gasteiger partial charge in [-0.2, -0.15) is 12.6 Å². The van der Waals surface area contributed by atoms with Crippen LogP contribution in [0.25, 0.3) is 0 Å². The van der Waals surface area contributed by atoms with E-state index in [9.17, 15) is 39.0 Å². The Kier molecular flexibility index (Phi) is 16.1. The van der Waals surface area contributed by atoms with Crippen molar-refractivity contribution in [2.24, 2.45) is 22.2 Å². The number of carbonyl (C=O) groups excluding carboxylic acids is 5. The molecule has 0 aliphatic heterocycles. The average molecular weight is 578 g/mol. The second kappa shape index (κ2) is 17.8. The van der Waals surface area contributed by atoms with Gasteiger partial charge in [-0.1, -0.05) is 0 Å². The number of hydrogen-bond acceptors (Lipinski definition) is 10. The van der Waals surface area contributed by atoms with Gasteiger partial charge in [0.2, 0.25) is 29.5 Å². The molecule has 0 unspecified atom stereocenters. The number of guanidine groups is 1. The van der Waals surface area contributed by atoms with Crippen molar-refractivity contribution in [3.8, 4) is 0 Å². The number of carboxylic acid groups (broad SMARTS) is 1. The third-order valence-electron chi connectivity index (χ3n) is 5.05. The van der Waals surface area contributed by atoms with Crippen LogP contribution in [-0.4, -0.2) is 107 Å². The number of carboxylic acids is 1. The predicted molar refractivity (Wildman–Crippen MR) is 143 cm³/mol. The molecular weight excluding hydrogens is 538 g/mol. The fourth-order valence-corrected chi connectivity index (χ4v) is 3.11. The van der Waals surface area contributed by atoms with E-state index in [0.29, 0.717) is 0 Å². The lowest BCUT2D eigenvalue weighted by Gasteiger charge is -2.25. The van der Waals surface area contributed by atoms with E-state index in [1.165, 1.54) is 20.8 Å². The number of aliphatic carboxylic acids is 1. The second-order valence-electron chi connectivity index (χ2n) is 8.61. The van der Waals surface area contributed by atoms with E-state index in [1.807, 2.05) is 0 Å². The minimum absolute atomic E-state index is 0.0128. The number of nitrogens with one attached hydrogen (secondary N) is 5. The molecule has 0 spiro atoms. The Morgan fingerprint density at radius 3 is 1.95 bits per heavy atom. The highest BCUT2D eigenvalue weighted by Gasteiger charge is 2.30. The maximum absolute atomic E-state index is 12.6. The first-order valence-electron chi connectivity index (χ1n) is 11.9. The molecule has 0 heterocycles. The Hall–Kier alpha value is -3.64. The molecule has 17 nitrogen and oxygen atoms in total. The zero-order valence-electron chi connectivity index (χ0n) is 22.0. The lowest BCUT2D eigenvalue weighted by Crippen LogP contribution is -2.59. The molecule has 0 aliphatic carbocycles. The fourth-order valence-electron chi connectivity index (χ4n) is 2.85. The molecule has 0 radical (unpaired) electrons. The van der Waals surface area contributed by atoms with E-state index in [4.69, 9.17) is 17.2 Å². The maximum atomic E-state index is 12.6. The standard InChI is InChI=1S/C21H39N9O8S/c1-9(22)16(33)26-7-14(32)30-15(11(3)31)19(36)27-10(2)17(34)29-13(8-39)18(35)28-12(20(37)38)5-4-6-25-21(23)24/h9-13,15,31,39H,4-8,22H2,1-3H3,(H,26,33)(H,27,36)(H,28,35)(H,29,34)(H,30,32)(H,37,38)(H4,23,24,25)/t9-,10-,11+,12-,13-,15-/m0/s1. The molecule has 0 bridgehead atoms. The lowest BCUT2D eigenvalue weighted by atomic mass is 10.1. The highest BCUT2D eigenvalue weighted by molar-refractivity contribution is 7.80. The van der Waals surface area contributed by atoms with E-state index in [0.717, 1.165) is 0 Å². The Bertz CT molecular complexity index is 912. The number of aliphatic hydroxyl groups is 1. The molecule has 0 saturated heterocycles. The summed E-state index contributed by atoms with van der Waals surface area (Å²) < 4.78 is 0. The normalized spacial score (nSPS) is 15.2. The molecule has 0 aromatic carbocycles. The van der Waals surface area contributed by atoms with Gasteiger partial charge in [0.25, 0.3) is 0 Å². The van der Waals surface area contributed by atoms with Crippen molar-refractivity contribution >= 4 is 54.1 Å². The number of thiol groups is 1. The number of aliphatic hydroxyl groups excluding tert-OH is 1. The summed E-state index contributed by atoms with van der Waals surface area (Å²) in [5.74, 6) is -5.61. The van der Waals surface area contributed by atoms with Crippen LogP contribution in [0.4, 0.5) is 0 Å². The first-order chi connectivity index (χ1) is 18.1. The number of nitrogens with zero attached hydrogens (tertiary/aromatic N) is 1.